The number of nitrogens with zero attached hydrogens (tertiary/aromatic N) is 1. The first-order valence-electron chi connectivity index (χ1n) is 5.69. The van der Waals surface area contributed by atoms with Gasteiger partial charge in [-0.05, 0) is 24.6 Å². The highest BCUT2D eigenvalue weighted by atomic mass is 79.9. The molecule has 0 radical (unpaired) electrons. The number of carbonyl (C=O) groups is 1. The van der Waals surface area contributed by atoms with Crippen molar-refractivity contribution in [2.75, 3.05) is 27.3 Å². The zero-order valence-electron chi connectivity index (χ0n) is 11.4. The van der Waals surface area contributed by atoms with Crippen molar-refractivity contribution in [2.24, 2.45) is 5.73 Å². The van der Waals surface area contributed by atoms with Crippen LogP contribution >= 0.6 is 28.3 Å². The van der Waals surface area contributed by atoms with Gasteiger partial charge in [0.15, 0.2) is 0 Å². The van der Waals surface area contributed by atoms with Crippen LogP contribution in [0.15, 0.2) is 28.7 Å². The lowest BCUT2D eigenvalue weighted by Gasteiger charge is -2.29. The van der Waals surface area contributed by atoms with Gasteiger partial charge in [-0.25, -0.2) is 0 Å². The molecular weight excluding hydrogens is 332 g/mol. The molecule has 2 N–H and O–H groups in total. The van der Waals surface area contributed by atoms with E-state index in [0.29, 0.717) is 13.2 Å². The summed E-state index contributed by atoms with van der Waals surface area (Å²) in [6, 6.07) is 7.46. The lowest BCUT2D eigenvalue weighted by molar-refractivity contribution is -0.136. The standard InChI is InChI=1S/C13H19BrN2O2.ClH/c1-13(15,10-4-6-11(14)7-5-10)12(17)16(2)8-9-18-3;/h4-7H,8-9,15H2,1-3H3;1H. The predicted molar refractivity (Wildman–Crippen MR) is 82.4 cm³/mol. The molecule has 0 saturated carbocycles. The summed E-state index contributed by atoms with van der Waals surface area (Å²) in [7, 11) is 3.33. The number of amides is 1. The van der Waals surface area contributed by atoms with Crippen molar-refractivity contribution in [3.05, 3.63) is 34.3 Å². The van der Waals surface area contributed by atoms with Crippen LogP contribution in [0.2, 0.25) is 0 Å². The van der Waals surface area contributed by atoms with Gasteiger partial charge in [0.1, 0.15) is 5.54 Å². The molecule has 0 heterocycles. The van der Waals surface area contributed by atoms with E-state index < -0.39 is 5.54 Å². The van der Waals surface area contributed by atoms with Crippen molar-refractivity contribution in [1.29, 1.82) is 0 Å². The van der Waals surface area contributed by atoms with Gasteiger partial charge in [0.25, 0.3) is 0 Å². The van der Waals surface area contributed by atoms with Gasteiger partial charge in [0.05, 0.1) is 6.61 Å². The number of carbonyl (C=O) groups excluding carboxylic acids is 1. The number of rotatable bonds is 5. The Morgan fingerprint density at radius 3 is 2.42 bits per heavy atom. The first-order chi connectivity index (χ1) is 8.39. The molecule has 0 bridgehead atoms. The summed E-state index contributed by atoms with van der Waals surface area (Å²) < 4.78 is 5.92. The molecule has 108 valence electrons. The van der Waals surface area contributed by atoms with Crippen LogP contribution in [0.5, 0.6) is 0 Å². The fourth-order valence-electron chi connectivity index (χ4n) is 1.65. The van der Waals surface area contributed by atoms with Gasteiger partial charge in [-0.2, -0.15) is 0 Å². The van der Waals surface area contributed by atoms with Gasteiger partial charge in [-0.15, -0.1) is 12.4 Å². The highest BCUT2D eigenvalue weighted by Crippen LogP contribution is 2.22. The Labute approximate surface area is 128 Å². The van der Waals surface area contributed by atoms with Gasteiger partial charge in [0, 0.05) is 25.2 Å². The number of hydrogen-bond acceptors (Lipinski definition) is 3. The SMILES string of the molecule is COCCN(C)C(=O)C(C)(N)c1ccc(Br)cc1.Cl. The van der Waals surface area contributed by atoms with E-state index in [1.165, 1.54) is 0 Å². The van der Waals surface area contributed by atoms with Crippen LogP contribution in [-0.2, 0) is 15.1 Å². The van der Waals surface area contributed by atoms with Crippen LogP contribution in [0.4, 0.5) is 0 Å². The molecule has 0 spiro atoms. The number of ether oxygens (including phenoxy) is 1. The number of nitrogens with two attached hydrogens (primary N) is 1. The third-order valence-electron chi connectivity index (χ3n) is 2.87. The highest BCUT2D eigenvalue weighted by molar-refractivity contribution is 9.10. The molecule has 1 atom stereocenters. The molecule has 19 heavy (non-hydrogen) atoms. The molecule has 1 rings (SSSR count). The van der Waals surface area contributed by atoms with Crippen LogP contribution in [0, 0.1) is 0 Å². The Bertz CT molecular complexity index is 410. The van der Waals surface area contributed by atoms with Gasteiger partial charge >= 0.3 is 0 Å². The van der Waals surface area contributed by atoms with Gasteiger partial charge in [0.2, 0.25) is 5.91 Å². The molecule has 6 heteroatoms. The molecule has 0 aliphatic carbocycles. The zero-order chi connectivity index (χ0) is 13.8. The van der Waals surface area contributed by atoms with Crippen LogP contribution in [0.25, 0.3) is 0 Å². The van der Waals surface area contributed by atoms with E-state index in [1.807, 2.05) is 24.3 Å². The van der Waals surface area contributed by atoms with Crippen molar-refractivity contribution in [2.45, 2.75) is 12.5 Å². The molecule has 0 aliphatic rings. The molecule has 4 nitrogen and oxygen atoms in total. The van der Waals surface area contributed by atoms with E-state index in [1.54, 1.807) is 26.0 Å². The summed E-state index contributed by atoms with van der Waals surface area (Å²) in [5, 5.41) is 0. The molecule has 1 aromatic carbocycles. The second kappa shape index (κ2) is 7.85. The van der Waals surface area contributed by atoms with E-state index >= 15 is 0 Å². The molecule has 1 aromatic rings. The van der Waals surface area contributed by atoms with Crippen LogP contribution in [-0.4, -0.2) is 38.1 Å². The van der Waals surface area contributed by atoms with E-state index in [0.717, 1.165) is 10.0 Å². The Hall–Kier alpha value is -0.620. The molecule has 0 aromatic heterocycles. The molecule has 1 amide bonds. The van der Waals surface area contributed by atoms with Crippen molar-refractivity contribution < 1.29 is 9.53 Å². The molecular formula is C13H20BrClN2O2. The number of halogens is 2. The number of benzene rings is 1. The summed E-state index contributed by atoms with van der Waals surface area (Å²) in [5.74, 6) is -0.123. The Morgan fingerprint density at radius 1 is 1.42 bits per heavy atom. The first kappa shape index (κ1) is 18.4. The minimum atomic E-state index is -1.02. The summed E-state index contributed by atoms with van der Waals surface area (Å²) in [4.78, 5) is 13.9. The monoisotopic (exact) mass is 350 g/mol. The zero-order valence-corrected chi connectivity index (χ0v) is 13.8. The third-order valence-corrected chi connectivity index (χ3v) is 3.39. The van der Waals surface area contributed by atoms with Gasteiger partial charge in [-0.1, -0.05) is 28.1 Å². The average Bonchev–Trinajstić information content (AvgIpc) is 2.35. The topological polar surface area (TPSA) is 55.6 Å². The number of likely N-dealkylation sites (N-methyl/N-ethyl adjacent to an activating group) is 1. The van der Waals surface area contributed by atoms with Crippen molar-refractivity contribution in [3.63, 3.8) is 0 Å². The summed E-state index contributed by atoms with van der Waals surface area (Å²) in [6.45, 7) is 2.75. The van der Waals surface area contributed by atoms with E-state index in [4.69, 9.17) is 10.5 Å². The smallest absolute Gasteiger partial charge is 0.246 e. The second-order valence-electron chi connectivity index (χ2n) is 4.43. The maximum atomic E-state index is 12.3. The largest absolute Gasteiger partial charge is 0.383 e. The fraction of sp³-hybridized carbons (Fsp3) is 0.462. The van der Waals surface area contributed by atoms with Crippen molar-refractivity contribution in [1.82, 2.24) is 4.90 Å². The predicted octanol–water partition coefficient (Wildman–Crippen LogP) is 2.15. The molecule has 0 aliphatic heterocycles. The minimum absolute atomic E-state index is 0. The third kappa shape index (κ3) is 4.76. The van der Waals surface area contributed by atoms with E-state index in [-0.39, 0.29) is 18.3 Å². The number of hydrogen-bond donors (Lipinski definition) is 1. The highest BCUT2D eigenvalue weighted by Gasteiger charge is 2.32. The minimum Gasteiger partial charge on any atom is -0.383 e. The Balaban J connectivity index is 0.00000324. The Kier molecular flexibility index (Phi) is 7.59. The second-order valence-corrected chi connectivity index (χ2v) is 5.34. The Morgan fingerprint density at radius 2 is 1.95 bits per heavy atom. The maximum Gasteiger partial charge on any atom is 0.246 e. The summed E-state index contributed by atoms with van der Waals surface area (Å²) in [6.07, 6.45) is 0. The van der Waals surface area contributed by atoms with Crippen molar-refractivity contribution in [3.8, 4) is 0 Å². The molecule has 1 unspecified atom stereocenters. The van der Waals surface area contributed by atoms with E-state index in [2.05, 4.69) is 15.9 Å². The molecule has 0 saturated heterocycles. The normalized spacial score (nSPS) is 13.3. The molecule has 0 fully saturated rings. The lowest BCUT2D eigenvalue weighted by atomic mass is 9.92. The van der Waals surface area contributed by atoms with Crippen molar-refractivity contribution >= 4 is 34.2 Å². The lowest BCUT2D eigenvalue weighted by Crippen LogP contribution is -2.50. The van der Waals surface area contributed by atoms with Gasteiger partial charge < -0.3 is 15.4 Å². The van der Waals surface area contributed by atoms with Gasteiger partial charge in [-0.3, -0.25) is 4.79 Å². The summed E-state index contributed by atoms with van der Waals surface area (Å²) >= 11 is 3.36. The van der Waals surface area contributed by atoms with Crippen LogP contribution < -0.4 is 5.73 Å². The number of methoxy groups -OCH3 is 1. The summed E-state index contributed by atoms with van der Waals surface area (Å²) in [5.41, 5.74) is 5.92. The average molecular weight is 352 g/mol. The fourth-order valence-corrected chi connectivity index (χ4v) is 1.91. The van der Waals surface area contributed by atoms with Crippen LogP contribution in [0.3, 0.4) is 0 Å². The quantitative estimate of drug-likeness (QED) is 0.884. The van der Waals surface area contributed by atoms with E-state index in [9.17, 15) is 4.79 Å². The first-order valence-corrected chi connectivity index (χ1v) is 6.48. The maximum absolute atomic E-state index is 12.3. The van der Waals surface area contributed by atoms with Crippen LogP contribution in [0.1, 0.15) is 12.5 Å².